The fourth-order valence-electron chi connectivity index (χ4n) is 5.10. The van der Waals surface area contributed by atoms with Crippen LogP contribution in [0.2, 0.25) is 0 Å². The van der Waals surface area contributed by atoms with E-state index in [-0.39, 0.29) is 6.04 Å². The molecule has 0 bridgehead atoms. The molecule has 2 N–H and O–H groups in total. The lowest BCUT2D eigenvalue weighted by molar-refractivity contribution is -0.0253. The lowest BCUT2D eigenvalue weighted by Gasteiger charge is -2.34. The molecule has 2 heterocycles. The second-order valence-corrected chi connectivity index (χ2v) is 9.31. The lowest BCUT2D eigenvalue weighted by Crippen LogP contribution is -2.34. The van der Waals surface area contributed by atoms with Crippen molar-refractivity contribution in [2.75, 3.05) is 5.32 Å². The molecule has 1 aliphatic rings. The van der Waals surface area contributed by atoms with Crippen LogP contribution in [0.5, 0.6) is 0 Å². The molecule has 0 spiro atoms. The molecule has 0 aliphatic heterocycles. The lowest BCUT2D eigenvalue weighted by atomic mass is 9.78. The predicted octanol–water partition coefficient (Wildman–Crippen LogP) is 5.18. The molecule has 3 atom stereocenters. The molecular weight excluding hydrogens is 410 g/mol. The van der Waals surface area contributed by atoms with Crippen LogP contribution in [0, 0.1) is 18.3 Å². The average Bonchev–Trinajstić information content (AvgIpc) is 3.22. The summed E-state index contributed by atoms with van der Waals surface area (Å²) >= 11 is 0. The third-order valence-corrected chi connectivity index (χ3v) is 6.76. The van der Waals surface area contributed by atoms with E-state index in [4.69, 9.17) is 16.4 Å². The average molecular weight is 440 g/mol. The Labute approximate surface area is 194 Å². The first-order valence-electron chi connectivity index (χ1n) is 11.6. The van der Waals surface area contributed by atoms with Gasteiger partial charge in [-0.3, -0.25) is 0 Å². The third kappa shape index (κ3) is 3.94. The number of benzene rings is 2. The molecule has 5 rings (SSSR count). The summed E-state index contributed by atoms with van der Waals surface area (Å²) in [6.07, 6.45) is 10.7. The predicted molar refractivity (Wildman–Crippen MR) is 132 cm³/mol. The number of nitrogens with zero attached hydrogens (tertiary/aromatic N) is 4. The van der Waals surface area contributed by atoms with Gasteiger partial charge in [0.15, 0.2) is 17.3 Å². The summed E-state index contributed by atoms with van der Waals surface area (Å²) in [5.41, 5.74) is 1.44. The number of aromatic nitrogens is 4. The topological polar surface area (TPSA) is 75.9 Å². The van der Waals surface area contributed by atoms with Crippen LogP contribution in [0.3, 0.4) is 0 Å². The second-order valence-electron chi connectivity index (χ2n) is 9.31. The molecule has 0 amide bonds. The van der Waals surface area contributed by atoms with Crippen LogP contribution >= 0.6 is 0 Å². The van der Waals surface area contributed by atoms with Crippen molar-refractivity contribution in [3.63, 3.8) is 0 Å². The molecule has 2 aromatic carbocycles. The number of hydrogen-bond donors (Lipinski definition) is 2. The first-order chi connectivity index (χ1) is 16.0. The maximum Gasteiger partial charge on any atom is 0.166 e. The Bertz CT molecular complexity index is 1350. The van der Waals surface area contributed by atoms with Gasteiger partial charge in [0.05, 0.1) is 18.9 Å². The summed E-state index contributed by atoms with van der Waals surface area (Å²) in [6, 6.07) is 14.7. The van der Waals surface area contributed by atoms with Crippen LogP contribution < -0.4 is 5.32 Å². The molecule has 0 saturated heterocycles. The van der Waals surface area contributed by atoms with Gasteiger partial charge in [0.1, 0.15) is 11.1 Å². The number of nitrogens with one attached hydrogen (secondary N) is 1. The fourth-order valence-corrected chi connectivity index (χ4v) is 5.10. The molecule has 1 aliphatic carbocycles. The summed E-state index contributed by atoms with van der Waals surface area (Å²) in [6.45, 7) is 4.65. The summed E-state index contributed by atoms with van der Waals surface area (Å²) in [5.74, 6) is 4.16. The number of fused-ring (bicyclic) bond motifs is 2. The van der Waals surface area contributed by atoms with E-state index in [2.05, 4.69) is 72.5 Å². The minimum Gasteiger partial charge on any atom is -0.382 e. The van der Waals surface area contributed by atoms with Gasteiger partial charge in [0.2, 0.25) is 0 Å². The van der Waals surface area contributed by atoms with Crippen molar-refractivity contribution < 1.29 is 5.11 Å². The van der Waals surface area contributed by atoms with E-state index < -0.39 is 5.60 Å². The van der Waals surface area contributed by atoms with E-state index in [1.807, 2.05) is 4.57 Å². The minimum absolute atomic E-state index is 0.0280. The normalized spacial score (nSPS) is 21.7. The van der Waals surface area contributed by atoms with Gasteiger partial charge in [-0.15, -0.1) is 6.42 Å². The summed E-state index contributed by atoms with van der Waals surface area (Å²) in [5, 5.41) is 17.5. The maximum atomic E-state index is 11.5. The number of rotatable bonds is 5. The quantitative estimate of drug-likeness (QED) is 0.419. The first-order valence-corrected chi connectivity index (χ1v) is 11.6. The van der Waals surface area contributed by atoms with Crippen LogP contribution in [-0.2, 0) is 12.1 Å². The van der Waals surface area contributed by atoms with E-state index in [9.17, 15) is 5.11 Å². The van der Waals surface area contributed by atoms with Crippen molar-refractivity contribution in [3.05, 3.63) is 60.2 Å². The Hall–Kier alpha value is -3.43. The molecular formula is C27H29N5O. The van der Waals surface area contributed by atoms with Gasteiger partial charge >= 0.3 is 0 Å². The van der Waals surface area contributed by atoms with Gasteiger partial charge in [-0.05, 0) is 48.4 Å². The van der Waals surface area contributed by atoms with Crippen molar-refractivity contribution in [2.24, 2.45) is 5.92 Å². The Kier molecular flexibility index (Phi) is 5.51. The first kappa shape index (κ1) is 21.4. The molecule has 0 unspecified atom stereocenters. The van der Waals surface area contributed by atoms with Crippen LogP contribution in [0.25, 0.3) is 21.9 Å². The molecule has 1 saturated carbocycles. The maximum absolute atomic E-state index is 11.5. The van der Waals surface area contributed by atoms with Crippen LogP contribution in [0.15, 0.2) is 48.8 Å². The van der Waals surface area contributed by atoms with Gasteiger partial charge in [-0.1, -0.05) is 61.7 Å². The highest BCUT2D eigenvalue weighted by atomic mass is 16.3. The highest BCUT2D eigenvalue weighted by Gasteiger charge is 2.38. The Balaban J connectivity index is 1.60. The fraction of sp³-hybridized carbons (Fsp3) is 0.370. The monoisotopic (exact) mass is 439 g/mol. The van der Waals surface area contributed by atoms with Crippen molar-refractivity contribution in [3.8, 4) is 12.3 Å². The number of aliphatic hydroxyl groups is 1. The van der Waals surface area contributed by atoms with E-state index >= 15 is 0 Å². The van der Waals surface area contributed by atoms with E-state index in [0.717, 1.165) is 12.8 Å². The molecule has 6 nitrogen and oxygen atoms in total. The van der Waals surface area contributed by atoms with Crippen LogP contribution in [0.4, 0.5) is 5.82 Å². The number of hydrogen-bond acceptors (Lipinski definition) is 5. The van der Waals surface area contributed by atoms with Gasteiger partial charge in [-0.25, -0.2) is 15.0 Å². The standard InChI is InChI=1S/C27H29N5O/c1-4-15-32-17-28-23-24(29-19(3)21-13-7-11-20-10-5-6-12-22(20)21)30-26(31-25(23)32)27(33)14-8-9-18(2)16-27/h1,5-7,10-13,17-19,33H,8-9,14-16H2,2-3H3,(H,29,30,31)/t18-,19+,27+/m1/s1. The molecule has 0 radical (unpaired) electrons. The Morgan fingerprint density at radius 1 is 1.24 bits per heavy atom. The van der Waals surface area contributed by atoms with E-state index in [1.54, 1.807) is 6.33 Å². The van der Waals surface area contributed by atoms with Gasteiger partial charge in [-0.2, -0.15) is 0 Å². The molecule has 168 valence electrons. The zero-order chi connectivity index (χ0) is 23.0. The number of anilines is 1. The van der Waals surface area contributed by atoms with Crippen molar-refractivity contribution in [1.29, 1.82) is 0 Å². The minimum atomic E-state index is -1.05. The van der Waals surface area contributed by atoms with Crippen molar-refractivity contribution in [2.45, 2.75) is 57.7 Å². The smallest absolute Gasteiger partial charge is 0.166 e. The zero-order valence-electron chi connectivity index (χ0n) is 19.1. The van der Waals surface area contributed by atoms with Crippen molar-refractivity contribution in [1.82, 2.24) is 19.5 Å². The number of imidazole rings is 1. The highest BCUT2D eigenvalue weighted by Crippen LogP contribution is 2.39. The zero-order valence-corrected chi connectivity index (χ0v) is 19.1. The van der Waals surface area contributed by atoms with E-state index in [0.29, 0.717) is 48.1 Å². The molecule has 1 fully saturated rings. The highest BCUT2D eigenvalue weighted by molar-refractivity contribution is 5.87. The molecule has 4 aromatic rings. The number of terminal acetylenes is 1. The SMILES string of the molecule is C#CCn1cnc2c(N[C@@H](C)c3cccc4ccccc34)nc([C@]3(O)CCC[C@@H](C)C3)nc21. The molecule has 2 aromatic heterocycles. The molecule has 33 heavy (non-hydrogen) atoms. The van der Waals surface area contributed by atoms with Crippen LogP contribution in [0.1, 0.15) is 57.0 Å². The third-order valence-electron chi connectivity index (χ3n) is 6.76. The second kappa shape index (κ2) is 8.49. The Morgan fingerprint density at radius 2 is 2.06 bits per heavy atom. The van der Waals surface area contributed by atoms with Gasteiger partial charge in [0, 0.05) is 0 Å². The summed E-state index contributed by atoms with van der Waals surface area (Å²) < 4.78 is 1.84. The Morgan fingerprint density at radius 3 is 2.88 bits per heavy atom. The summed E-state index contributed by atoms with van der Waals surface area (Å²) in [7, 11) is 0. The summed E-state index contributed by atoms with van der Waals surface area (Å²) in [4.78, 5) is 14.2. The molecule has 6 heteroatoms. The van der Waals surface area contributed by atoms with Crippen LogP contribution in [-0.4, -0.2) is 24.6 Å². The largest absolute Gasteiger partial charge is 0.382 e. The van der Waals surface area contributed by atoms with Gasteiger partial charge in [0.25, 0.3) is 0 Å². The van der Waals surface area contributed by atoms with E-state index in [1.165, 1.54) is 16.3 Å². The van der Waals surface area contributed by atoms with Crippen molar-refractivity contribution >= 4 is 27.8 Å². The van der Waals surface area contributed by atoms with Gasteiger partial charge < -0.3 is 15.0 Å².